The van der Waals surface area contributed by atoms with Crippen LogP contribution in [-0.2, 0) is 7.05 Å². The second kappa shape index (κ2) is 3.69. The van der Waals surface area contributed by atoms with Gasteiger partial charge in [-0.1, -0.05) is 0 Å². The fourth-order valence-corrected chi connectivity index (χ4v) is 2.29. The van der Waals surface area contributed by atoms with Gasteiger partial charge >= 0.3 is 5.69 Å². The van der Waals surface area contributed by atoms with Crippen LogP contribution < -0.4 is 5.69 Å². The molecule has 0 aromatic carbocycles. The van der Waals surface area contributed by atoms with Gasteiger partial charge in [0.25, 0.3) is 0 Å². The molecule has 17 heavy (non-hydrogen) atoms. The minimum absolute atomic E-state index is 0.167. The zero-order chi connectivity index (χ0) is 12.0. The van der Waals surface area contributed by atoms with Gasteiger partial charge in [0.1, 0.15) is 12.1 Å². The Hall–Kier alpha value is -1.64. The first kappa shape index (κ1) is 10.5. The van der Waals surface area contributed by atoms with Crippen LogP contribution in [0.1, 0.15) is 0 Å². The van der Waals surface area contributed by atoms with Gasteiger partial charge in [-0.25, -0.2) is 18.9 Å². The number of hydrogen-bond acceptors (Lipinski definition) is 3. The fraction of sp³-hybridized carbons (Fsp3) is 0.100. The maximum absolute atomic E-state index is 12.0. The highest BCUT2D eigenvalue weighted by atomic mass is 127. The monoisotopic (exact) mass is 341 g/mol. The van der Waals surface area contributed by atoms with Gasteiger partial charge in [-0.05, 0) is 34.7 Å². The summed E-state index contributed by atoms with van der Waals surface area (Å²) in [4.78, 5) is 16.0. The van der Waals surface area contributed by atoms with Crippen molar-refractivity contribution in [3.63, 3.8) is 0 Å². The van der Waals surface area contributed by atoms with Gasteiger partial charge in [-0.2, -0.15) is 5.10 Å². The Balaban J connectivity index is 2.48. The van der Waals surface area contributed by atoms with Crippen LogP contribution in [0.4, 0.5) is 0 Å². The molecule has 3 heterocycles. The Labute approximate surface area is 110 Å². The van der Waals surface area contributed by atoms with E-state index >= 15 is 0 Å². The summed E-state index contributed by atoms with van der Waals surface area (Å²) in [5, 5.41) is 4.17. The molecule has 0 bridgehead atoms. The lowest BCUT2D eigenvalue weighted by molar-refractivity contribution is 0.729. The number of rotatable bonds is 1. The van der Waals surface area contributed by atoms with E-state index in [-0.39, 0.29) is 5.69 Å². The lowest BCUT2D eigenvalue weighted by atomic mass is 10.4. The minimum atomic E-state index is -0.167. The molecule has 0 amide bonds. The molecule has 3 aromatic rings. The molecule has 0 aliphatic carbocycles. The first-order valence-corrected chi connectivity index (χ1v) is 5.98. The fourth-order valence-electron chi connectivity index (χ4n) is 1.73. The van der Waals surface area contributed by atoms with E-state index in [2.05, 4.69) is 32.7 Å². The van der Waals surface area contributed by atoms with E-state index < -0.39 is 0 Å². The summed E-state index contributed by atoms with van der Waals surface area (Å²) in [6.45, 7) is 0. The van der Waals surface area contributed by atoms with Gasteiger partial charge in [0.05, 0.1) is 0 Å². The average molecular weight is 341 g/mol. The maximum Gasteiger partial charge on any atom is 0.351 e. The van der Waals surface area contributed by atoms with Crippen molar-refractivity contribution in [3.8, 4) is 5.82 Å². The van der Waals surface area contributed by atoms with Crippen molar-refractivity contribution >= 4 is 28.2 Å². The molecule has 6 nitrogen and oxygen atoms in total. The Morgan fingerprint density at radius 1 is 1.35 bits per heavy atom. The van der Waals surface area contributed by atoms with Crippen LogP contribution in [0.25, 0.3) is 11.5 Å². The normalized spacial score (nSPS) is 11.2. The predicted molar refractivity (Wildman–Crippen MR) is 70.3 cm³/mol. The molecule has 0 fully saturated rings. The highest BCUT2D eigenvalue weighted by molar-refractivity contribution is 14.1. The second-order valence-electron chi connectivity index (χ2n) is 3.60. The first-order chi connectivity index (χ1) is 8.16. The second-order valence-corrected chi connectivity index (χ2v) is 4.85. The van der Waals surface area contributed by atoms with Gasteiger partial charge in [0, 0.05) is 23.0 Å². The number of halogens is 1. The molecule has 86 valence electrons. The molecule has 0 unspecified atom stereocenters. The summed E-state index contributed by atoms with van der Waals surface area (Å²) >= 11 is 2.20. The average Bonchev–Trinajstić information content (AvgIpc) is 2.88. The van der Waals surface area contributed by atoms with Crippen molar-refractivity contribution in [2.75, 3.05) is 0 Å². The third-order valence-electron chi connectivity index (χ3n) is 2.48. The van der Waals surface area contributed by atoms with Crippen molar-refractivity contribution in [2.24, 2.45) is 7.05 Å². The van der Waals surface area contributed by atoms with Crippen molar-refractivity contribution in [2.45, 2.75) is 0 Å². The summed E-state index contributed by atoms with van der Waals surface area (Å²) in [6.07, 6.45) is 5.13. The third-order valence-corrected chi connectivity index (χ3v) is 3.10. The van der Waals surface area contributed by atoms with E-state index in [4.69, 9.17) is 0 Å². The van der Waals surface area contributed by atoms with Crippen molar-refractivity contribution < 1.29 is 0 Å². The van der Waals surface area contributed by atoms with E-state index in [9.17, 15) is 4.79 Å². The highest BCUT2D eigenvalue weighted by Crippen LogP contribution is 2.14. The standard InChI is InChI=1S/C10H8IN5O/c1-14-10(17)16-8(13-14)4-7(11)5-9(16)15-3-2-12-6-15/h2-6H,1H3. The Kier molecular flexibility index (Phi) is 2.28. The molecule has 0 aliphatic heterocycles. The summed E-state index contributed by atoms with van der Waals surface area (Å²) in [6, 6.07) is 3.78. The van der Waals surface area contributed by atoms with E-state index in [0.717, 1.165) is 9.39 Å². The van der Waals surface area contributed by atoms with Crippen LogP contribution in [0, 0.1) is 3.57 Å². The molecule has 7 heteroatoms. The van der Waals surface area contributed by atoms with Crippen LogP contribution in [0.2, 0.25) is 0 Å². The van der Waals surface area contributed by atoms with Gasteiger partial charge in [-0.15, -0.1) is 0 Å². The van der Waals surface area contributed by atoms with Gasteiger partial charge in [-0.3, -0.25) is 4.57 Å². The number of aromatic nitrogens is 5. The summed E-state index contributed by atoms with van der Waals surface area (Å²) in [7, 11) is 1.64. The van der Waals surface area contributed by atoms with Crippen molar-refractivity contribution in [3.05, 3.63) is 44.9 Å². The highest BCUT2D eigenvalue weighted by Gasteiger charge is 2.10. The van der Waals surface area contributed by atoms with E-state index in [1.54, 1.807) is 34.7 Å². The van der Waals surface area contributed by atoms with E-state index in [1.807, 2.05) is 12.1 Å². The summed E-state index contributed by atoms with van der Waals surface area (Å²) in [5.74, 6) is 0.738. The topological polar surface area (TPSA) is 57.1 Å². The smallest absolute Gasteiger partial charge is 0.291 e. The Bertz CT molecular complexity index is 740. The third kappa shape index (κ3) is 1.57. The van der Waals surface area contributed by atoms with Crippen LogP contribution in [0.15, 0.2) is 35.6 Å². The first-order valence-electron chi connectivity index (χ1n) is 4.90. The van der Waals surface area contributed by atoms with Gasteiger partial charge in [0.15, 0.2) is 5.65 Å². The number of aryl methyl sites for hydroxylation is 1. The molecule has 3 rings (SSSR count). The zero-order valence-electron chi connectivity index (χ0n) is 8.91. The maximum atomic E-state index is 12.0. The molecule has 3 aromatic heterocycles. The molecule has 0 N–H and O–H groups in total. The number of nitrogens with zero attached hydrogens (tertiary/aromatic N) is 5. The Morgan fingerprint density at radius 2 is 2.18 bits per heavy atom. The molecule has 0 radical (unpaired) electrons. The zero-order valence-corrected chi connectivity index (χ0v) is 11.1. The number of imidazole rings is 1. The van der Waals surface area contributed by atoms with Crippen LogP contribution in [-0.4, -0.2) is 23.7 Å². The summed E-state index contributed by atoms with van der Waals surface area (Å²) < 4.78 is 5.69. The SMILES string of the molecule is Cn1nc2cc(I)cc(-n3ccnc3)n2c1=O. The molecule has 0 atom stereocenters. The van der Waals surface area contributed by atoms with E-state index in [0.29, 0.717) is 5.65 Å². The van der Waals surface area contributed by atoms with Gasteiger partial charge < -0.3 is 0 Å². The number of pyridine rings is 1. The van der Waals surface area contributed by atoms with Crippen LogP contribution in [0.5, 0.6) is 0 Å². The van der Waals surface area contributed by atoms with Crippen molar-refractivity contribution in [1.82, 2.24) is 23.7 Å². The van der Waals surface area contributed by atoms with Crippen LogP contribution in [0.3, 0.4) is 0 Å². The minimum Gasteiger partial charge on any atom is -0.291 e. The van der Waals surface area contributed by atoms with E-state index in [1.165, 1.54) is 4.68 Å². The lowest BCUT2D eigenvalue weighted by Crippen LogP contribution is -2.20. The molecular formula is C10H8IN5O. The summed E-state index contributed by atoms with van der Waals surface area (Å²) in [5.41, 5.74) is 0.466. The number of fused-ring (bicyclic) bond motifs is 1. The van der Waals surface area contributed by atoms with Gasteiger partial charge in [0.2, 0.25) is 0 Å². The van der Waals surface area contributed by atoms with Crippen LogP contribution >= 0.6 is 22.6 Å². The Morgan fingerprint density at radius 3 is 2.88 bits per heavy atom. The van der Waals surface area contributed by atoms with Crippen molar-refractivity contribution in [1.29, 1.82) is 0 Å². The molecule has 0 saturated carbocycles. The lowest BCUT2D eigenvalue weighted by Gasteiger charge is -2.05. The number of hydrogen-bond donors (Lipinski definition) is 0. The molecule has 0 aliphatic rings. The molecule has 0 saturated heterocycles. The molecular weight excluding hydrogens is 333 g/mol. The largest absolute Gasteiger partial charge is 0.351 e. The molecule has 0 spiro atoms. The quantitative estimate of drug-likeness (QED) is 0.616. The predicted octanol–water partition coefficient (Wildman–Crippen LogP) is 0.823.